The van der Waals surface area contributed by atoms with Gasteiger partial charge in [-0.1, -0.05) is 48.5 Å². The van der Waals surface area contributed by atoms with Gasteiger partial charge in [-0.2, -0.15) is 5.10 Å². The lowest BCUT2D eigenvalue weighted by atomic mass is 9.95. The van der Waals surface area contributed by atoms with Gasteiger partial charge in [-0.25, -0.2) is 15.0 Å². The monoisotopic (exact) mass is 730 g/mol. The van der Waals surface area contributed by atoms with Crippen molar-refractivity contribution in [2.75, 3.05) is 27.4 Å². The van der Waals surface area contributed by atoms with Gasteiger partial charge in [-0.15, -0.1) is 0 Å². The van der Waals surface area contributed by atoms with Crippen LogP contribution in [0.1, 0.15) is 36.6 Å². The molecule has 254 valence electrons. The summed E-state index contributed by atoms with van der Waals surface area (Å²) in [7, 11) is 2.70. The fourth-order valence-corrected chi connectivity index (χ4v) is 5.87. The molecule has 3 amide bonds. The van der Waals surface area contributed by atoms with Crippen molar-refractivity contribution >= 4 is 50.8 Å². The Bertz CT molecular complexity index is 1940. The highest BCUT2D eigenvalue weighted by Gasteiger charge is 2.32. The number of allylic oxidation sites excluding steroid dienone is 1. The minimum absolute atomic E-state index is 0.249. The van der Waals surface area contributed by atoms with Crippen LogP contribution in [-0.4, -0.2) is 51.6 Å². The first-order chi connectivity index (χ1) is 23.7. The van der Waals surface area contributed by atoms with Crippen molar-refractivity contribution in [2.45, 2.75) is 26.5 Å². The fraction of sp³-hybridized carbons (Fsp3) is 0.222. The summed E-state index contributed by atoms with van der Waals surface area (Å²) in [6, 6.07) is 21.4. The molecule has 5 rings (SSSR count). The van der Waals surface area contributed by atoms with Crippen molar-refractivity contribution in [1.29, 1.82) is 0 Å². The summed E-state index contributed by atoms with van der Waals surface area (Å²) >= 11 is 3.59. The molecular weight excluding hydrogens is 696 g/mol. The molecule has 0 saturated carbocycles. The molecule has 1 heterocycles. The first-order valence-corrected chi connectivity index (χ1v) is 16.1. The Hall–Kier alpha value is -5.56. The van der Waals surface area contributed by atoms with Crippen molar-refractivity contribution in [1.82, 2.24) is 16.1 Å². The summed E-state index contributed by atoms with van der Waals surface area (Å²) in [5.74, 6) is 0.541. The zero-order chi connectivity index (χ0) is 34.9. The van der Waals surface area contributed by atoms with E-state index in [0.717, 1.165) is 16.3 Å². The van der Waals surface area contributed by atoms with Crippen LogP contribution in [0, 0.1) is 0 Å². The van der Waals surface area contributed by atoms with E-state index in [1.54, 1.807) is 31.2 Å². The van der Waals surface area contributed by atoms with Gasteiger partial charge in [0.2, 0.25) is 0 Å². The van der Waals surface area contributed by atoms with Crippen molar-refractivity contribution in [3.05, 3.63) is 105 Å². The number of carbonyl (C=O) groups is 3. The number of carbonyl (C=O) groups excluding carboxylic acids is 3. The van der Waals surface area contributed by atoms with Crippen LogP contribution < -0.4 is 35.0 Å². The third kappa shape index (κ3) is 8.30. The van der Waals surface area contributed by atoms with Crippen LogP contribution in [0.2, 0.25) is 0 Å². The van der Waals surface area contributed by atoms with Crippen molar-refractivity contribution in [3.8, 4) is 23.0 Å². The predicted octanol–water partition coefficient (Wildman–Crippen LogP) is 5.92. The molecule has 49 heavy (non-hydrogen) atoms. The van der Waals surface area contributed by atoms with Gasteiger partial charge in [0.25, 0.3) is 5.91 Å². The number of urea groups is 1. The molecule has 0 fully saturated rings. The molecule has 12 nitrogen and oxygen atoms in total. The molecule has 0 unspecified atom stereocenters. The van der Waals surface area contributed by atoms with Crippen LogP contribution in [0.3, 0.4) is 0 Å². The fourth-order valence-electron chi connectivity index (χ4n) is 5.30. The molecule has 1 aliphatic rings. The number of fused-ring (bicyclic) bond motifs is 1. The van der Waals surface area contributed by atoms with Gasteiger partial charge in [0.05, 0.1) is 43.1 Å². The quantitative estimate of drug-likeness (QED) is 0.0874. The van der Waals surface area contributed by atoms with E-state index < -0.39 is 23.9 Å². The molecule has 0 aliphatic carbocycles. The van der Waals surface area contributed by atoms with E-state index in [1.807, 2.05) is 37.3 Å². The molecule has 0 saturated heterocycles. The van der Waals surface area contributed by atoms with Gasteiger partial charge < -0.3 is 34.3 Å². The second-order valence-electron chi connectivity index (χ2n) is 10.7. The van der Waals surface area contributed by atoms with E-state index in [9.17, 15) is 14.4 Å². The summed E-state index contributed by atoms with van der Waals surface area (Å²) < 4.78 is 28.8. The lowest BCUT2D eigenvalue weighted by molar-refractivity contribution is -0.136. The summed E-state index contributed by atoms with van der Waals surface area (Å²) in [4.78, 5) is 37.2. The highest BCUT2D eigenvalue weighted by molar-refractivity contribution is 9.10. The largest absolute Gasteiger partial charge is 0.493 e. The van der Waals surface area contributed by atoms with Gasteiger partial charge >= 0.3 is 12.0 Å². The van der Waals surface area contributed by atoms with Gasteiger partial charge in [0.15, 0.2) is 29.6 Å². The van der Waals surface area contributed by atoms with Crippen LogP contribution in [-0.2, 0) is 20.9 Å². The lowest BCUT2D eigenvalue weighted by Crippen LogP contribution is -2.45. The van der Waals surface area contributed by atoms with Crippen molar-refractivity contribution in [2.24, 2.45) is 5.10 Å². The SMILES string of the molecule is CCOc1cc(/C=N\NC(=O)COc2ccc([C@@H]3NC(=O)NC(C)=C3C(=O)OC)cc2OC)cc(Br)c1OCc1cccc2ccccc12. The topological polar surface area (TPSA) is 146 Å². The minimum atomic E-state index is -0.783. The number of ether oxygens (including phenoxy) is 5. The van der Waals surface area contributed by atoms with Crippen LogP contribution >= 0.6 is 15.9 Å². The number of nitrogens with one attached hydrogen (secondary N) is 3. The molecule has 0 aromatic heterocycles. The molecule has 0 bridgehead atoms. The average Bonchev–Trinajstić information content (AvgIpc) is 3.09. The third-order valence-electron chi connectivity index (χ3n) is 7.54. The second kappa shape index (κ2) is 16.0. The summed E-state index contributed by atoms with van der Waals surface area (Å²) in [6.07, 6.45) is 1.48. The Morgan fingerprint density at radius 3 is 2.53 bits per heavy atom. The average molecular weight is 732 g/mol. The number of hydrogen-bond acceptors (Lipinski definition) is 9. The number of nitrogens with zero attached hydrogens (tertiary/aromatic N) is 1. The highest BCUT2D eigenvalue weighted by Crippen LogP contribution is 2.38. The molecule has 4 aromatic carbocycles. The maximum absolute atomic E-state index is 12.6. The maximum atomic E-state index is 12.6. The van der Waals surface area contributed by atoms with E-state index in [-0.39, 0.29) is 17.9 Å². The van der Waals surface area contributed by atoms with E-state index >= 15 is 0 Å². The van der Waals surface area contributed by atoms with Crippen LogP contribution in [0.4, 0.5) is 4.79 Å². The lowest BCUT2D eigenvalue weighted by Gasteiger charge is -2.28. The summed E-state index contributed by atoms with van der Waals surface area (Å²) in [5.41, 5.74) is 5.33. The number of rotatable bonds is 13. The first kappa shape index (κ1) is 34.8. The summed E-state index contributed by atoms with van der Waals surface area (Å²) in [5, 5.41) is 11.6. The molecule has 4 aromatic rings. The highest BCUT2D eigenvalue weighted by atomic mass is 79.9. The molecule has 1 aliphatic heterocycles. The Balaban J connectivity index is 1.21. The molecule has 13 heteroatoms. The van der Waals surface area contributed by atoms with Gasteiger partial charge in [-0.3, -0.25) is 4.79 Å². The van der Waals surface area contributed by atoms with E-state index in [2.05, 4.69) is 55.3 Å². The first-order valence-electron chi connectivity index (χ1n) is 15.3. The van der Waals surface area contributed by atoms with Crippen molar-refractivity contribution < 1.29 is 38.1 Å². The molecule has 0 radical (unpaired) electrons. The Morgan fingerprint density at radius 1 is 0.959 bits per heavy atom. The van der Waals surface area contributed by atoms with E-state index in [4.69, 9.17) is 23.7 Å². The number of hydrogen-bond donors (Lipinski definition) is 3. The van der Waals surface area contributed by atoms with Crippen molar-refractivity contribution in [3.63, 3.8) is 0 Å². The van der Waals surface area contributed by atoms with Gasteiger partial charge in [0, 0.05) is 5.70 Å². The Kier molecular flexibility index (Phi) is 11.4. The summed E-state index contributed by atoms with van der Waals surface area (Å²) in [6.45, 7) is 3.90. The Labute approximate surface area is 291 Å². The zero-order valence-corrected chi connectivity index (χ0v) is 28.9. The smallest absolute Gasteiger partial charge is 0.337 e. The normalized spacial score (nSPS) is 14.2. The standard InChI is InChI=1S/C36H35BrN4O8/c1-5-47-30-16-22(15-27(37)34(30)49-19-25-11-8-10-23-9-6-7-12-26(23)25)18-38-41-31(42)20-48-28-14-13-24(17-29(28)45-3)33-32(35(43)46-4)21(2)39-36(44)40-33/h6-18,33H,5,19-20H2,1-4H3,(H,41,42)(H2,39,40,44)/b38-18-/t33-/m0/s1. The number of halogens is 1. The number of methoxy groups -OCH3 is 2. The van der Waals surface area contributed by atoms with Gasteiger partial charge in [0.1, 0.15) is 6.61 Å². The Morgan fingerprint density at radius 2 is 1.76 bits per heavy atom. The maximum Gasteiger partial charge on any atom is 0.337 e. The molecule has 1 atom stereocenters. The number of amides is 3. The number of esters is 1. The molecular formula is C36H35BrN4O8. The van der Waals surface area contributed by atoms with Crippen LogP contribution in [0.5, 0.6) is 23.0 Å². The van der Waals surface area contributed by atoms with E-state index in [1.165, 1.54) is 20.4 Å². The van der Waals surface area contributed by atoms with Crippen LogP contribution in [0.25, 0.3) is 10.8 Å². The third-order valence-corrected chi connectivity index (χ3v) is 8.13. The van der Waals surface area contributed by atoms with Crippen LogP contribution in [0.15, 0.2) is 93.6 Å². The number of benzene rings is 4. The minimum Gasteiger partial charge on any atom is -0.493 e. The second-order valence-corrected chi connectivity index (χ2v) is 11.6. The van der Waals surface area contributed by atoms with Gasteiger partial charge in [-0.05, 0) is 81.5 Å². The number of hydrazone groups is 1. The molecule has 3 N–H and O–H groups in total. The predicted molar refractivity (Wildman–Crippen MR) is 187 cm³/mol. The zero-order valence-electron chi connectivity index (χ0n) is 27.3. The molecule has 0 spiro atoms. The van der Waals surface area contributed by atoms with E-state index in [0.29, 0.717) is 51.8 Å².